The Bertz CT molecular complexity index is 984. The van der Waals surface area contributed by atoms with Gasteiger partial charge in [-0.3, -0.25) is 19.0 Å². The van der Waals surface area contributed by atoms with E-state index in [4.69, 9.17) is 9.84 Å². The first-order valence-corrected chi connectivity index (χ1v) is 9.68. The SMILES string of the molecule is O=C(O)CC1COCCN1C(=O)c1ccc2c(=O)n3c(nc2c1)CCCCC3. The molecule has 0 bridgehead atoms. The number of rotatable bonds is 3. The van der Waals surface area contributed by atoms with Crippen LogP contribution in [0.3, 0.4) is 0 Å². The second kappa shape index (κ2) is 7.71. The summed E-state index contributed by atoms with van der Waals surface area (Å²) in [5.74, 6) is -0.452. The van der Waals surface area contributed by atoms with Crippen molar-refractivity contribution < 1.29 is 19.4 Å². The monoisotopic (exact) mass is 385 g/mol. The first kappa shape index (κ1) is 18.6. The van der Waals surface area contributed by atoms with Gasteiger partial charge in [0.15, 0.2) is 0 Å². The lowest BCUT2D eigenvalue weighted by molar-refractivity contribution is -0.139. The molecular weight excluding hydrogens is 362 g/mol. The predicted molar refractivity (Wildman–Crippen MR) is 101 cm³/mol. The maximum absolute atomic E-state index is 13.0. The number of hydrogen-bond acceptors (Lipinski definition) is 5. The van der Waals surface area contributed by atoms with Crippen molar-refractivity contribution in [1.29, 1.82) is 0 Å². The first-order chi connectivity index (χ1) is 13.5. The molecule has 0 aliphatic carbocycles. The van der Waals surface area contributed by atoms with Crippen LogP contribution in [0.2, 0.25) is 0 Å². The lowest BCUT2D eigenvalue weighted by atomic mass is 10.1. The van der Waals surface area contributed by atoms with Gasteiger partial charge < -0.3 is 14.7 Å². The second-order valence-electron chi connectivity index (χ2n) is 7.35. The number of carboxylic acid groups (broad SMARTS) is 1. The summed E-state index contributed by atoms with van der Waals surface area (Å²) in [5, 5.41) is 9.61. The van der Waals surface area contributed by atoms with Crippen molar-refractivity contribution in [2.24, 2.45) is 0 Å². The molecule has 0 radical (unpaired) electrons. The van der Waals surface area contributed by atoms with Crippen molar-refractivity contribution in [2.75, 3.05) is 19.8 Å². The summed E-state index contributed by atoms with van der Waals surface area (Å²) in [6, 6.07) is 4.44. The van der Waals surface area contributed by atoms with Gasteiger partial charge in [0.05, 0.1) is 36.6 Å². The average Bonchev–Trinajstić information content (AvgIpc) is 2.93. The summed E-state index contributed by atoms with van der Waals surface area (Å²) in [6.45, 7) is 1.61. The van der Waals surface area contributed by atoms with Crippen molar-refractivity contribution in [3.63, 3.8) is 0 Å². The van der Waals surface area contributed by atoms with E-state index in [-0.39, 0.29) is 24.5 Å². The molecule has 8 nitrogen and oxygen atoms in total. The van der Waals surface area contributed by atoms with Crippen molar-refractivity contribution in [3.8, 4) is 0 Å². The van der Waals surface area contributed by atoms with Crippen LogP contribution in [-0.2, 0) is 22.5 Å². The summed E-state index contributed by atoms with van der Waals surface area (Å²) in [4.78, 5) is 43.2. The topological polar surface area (TPSA) is 102 Å². The van der Waals surface area contributed by atoms with Gasteiger partial charge in [0, 0.05) is 25.1 Å². The Hall–Kier alpha value is -2.74. The summed E-state index contributed by atoms with van der Waals surface area (Å²) in [6.07, 6.45) is 3.64. The Balaban J connectivity index is 1.70. The molecule has 1 fully saturated rings. The molecule has 28 heavy (non-hydrogen) atoms. The molecule has 1 unspecified atom stereocenters. The Labute approximate surface area is 161 Å². The molecule has 3 heterocycles. The van der Waals surface area contributed by atoms with Crippen LogP contribution in [0, 0.1) is 0 Å². The van der Waals surface area contributed by atoms with Crippen molar-refractivity contribution >= 4 is 22.8 Å². The van der Waals surface area contributed by atoms with Gasteiger partial charge in [-0.25, -0.2) is 4.98 Å². The largest absolute Gasteiger partial charge is 0.481 e. The molecule has 2 aliphatic heterocycles. The highest BCUT2D eigenvalue weighted by atomic mass is 16.5. The fourth-order valence-electron chi connectivity index (χ4n) is 4.01. The number of nitrogens with zero attached hydrogens (tertiary/aromatic N) is 3. The Morgan fingerprint density at radius 2 is 2.07 bits per heavy atom. The number of aromatic nitrogens is 2. The number of benzene rings is 1. The van der Waals surface area contributed by atoms with E-state index < -0.39 is 12.0 Å². The molecule has 1 aromatic heterocycles. The highest BCUT2D eigenvalue weighted by Gasteiger charge is 2.30. The van der Waals surface area contributed by atoms with E-state index in [9.17, 15) is 14.4 Å². The van der Waals surface area contributed by atoms with Crippen molar-refractivity contribution in [1.82, 2.24) is 14.5 Å². The Morgan fingerprint density at radius 1 is 1.21 bits per heavy atom. The first-order valence-electron chi connectivity index (χ1n) is 9.68. The van der Waals surface area contributed by atoms with Gasteiger partial charge in [-0.05, 0) is 31.0 Å². The zero-order valence-corrected chi connectivity index (χ0v) is 15.6. The minimum absolute atomic E-state index is 0.0592. The summed E-state index contributed by atoms with van der Waals surface area (Å²) in [5.41, 5.74) is 0.873. The van der Waals surface area contributed by atoms with Crippen LogP contribution in [0.5, 0.6) is 0 Å². The van der Waals surface area contributed by atoms with Gasteiger partial charge in [-0.15, -0.1) is 0 Å². The number of morpholine rings is 1. The van der Waals surface area contributed by atoms with E-state index in [2.05, 4.69) is 4.98 Å². The van der Waals surface area contributed by atoms with Crippen molar-refractivity contribution in [2.45, 2.75) is 44.7 Å². The standard InChI is InChI=1S/C20H23N3O5/c24-18(25)11-14-12-28-9-8-22(14)19(26)13-5-6-15-16(10-13)21-17-4-2-1-3-7-23(17)20(15)27/h5-6,10,14H,1-4,7-9,11-12H2,(H,24,25). The normalized spacial score (nSPS) is 19.9. The number of amides is 1. The third-order valence-electron chi connectivity index (χ3n) is 5.46. The maximum atomic E-state index is 13.0. The van der Waals surface area contributed by atoms with Crippen LogP contribution < -0.4 is 5.56 Å². The van der Waals surface area contributed by atoms with Crippen molar-refractivity contribution in [3.05, 3.63) is 39.9 Å². The van der Waals surface area contributed by atoms with Gasteiger partial charge in [-0.2, -0.15) is 0 Å². The molecule has 2 aliphatic rings. The number of hydrogen-bond donors (Lipinski definition) is 1. The number of fused-ring (bicyclic) bond motifs is 2. The number of carbonyl (C=O) groups is 2. The Kier molecular flexibility index (Phi) is 5.13. The molecule has 4 rings (SSSR count). The zero-order chi connectivity index (χ0) is 19.7. The van der Waals surface area contributed by atoms with Crippen LogP contribution >= 0.6 is 0 Å². The number of ether oxygens (including phenoxy) is 1. The molecule has 148 valence electrons. The molecular formula is C20H23N3O5. The van der Waals surface area contributed by atoms with E-state index in [1.165, 1.54) is 0 Å². The molecule has 1 aromatic carbocycles. The van der Waals surface area contributed by atoms with E-state index >= 15 is 0 Å². The number of carbonyl (C=O) groups excluding carboxylic acids is 1. The van der Waals surface area contributed by atoms with Gasteiger partial charge in [0.1, 0.15) is 5.82 Å². The molecule has 0 spiro atoms. The molecule has 8 heteroatoms. The lowest BCUT2D eigenvalue weighted by Crippen LogP contribution is -2.49. The van der Waals surface area contributed by atoms with Crippen LogP contribution in [0.15, 0.2) is 23.0 Å². The number of aryl methyl sites for hydroxylation is 1. The summed E-state index contributed by atoms with van der Waals surface area (Å²) in [7, 11) is 0. The third kappa shape index (κ3) is 3.52. The molecule has 1 amide bonds. The summed E-state index contributed by atoms with van der Waals surface area (Å²) >= 11 is 0. The van der Waals surface area contributed by atoms with E-state index in [1.807, 2.05) is 0 Å². The maximum Gasteiger partial charge on any atom is 0.305 e. The highest BCUT2D eigenvalue weighted by Crippen LogP contribution is 2.19. The van der Waals surface area contributed by atoms with Crippen LogP contribution in [0.1, 0.15) is 41.9 Å². The van der Waals surface area contributed by atoms with Crippen LogP contribution in [0.4, 0.5) is 0 Å². The highest BCUT2D eigenvalue weighted by molar-refractivity contribution is 5.98. The molecule has 2 aromatic rings. The fraction of sp³-hybridized carbons (Fsp3) is 0.500. The molecule has 1 N–H and O–H groups in total. The quantitative estimate of drug-likeness (QED) is 0.858. The molecule has 1 saturated heterocycles. The van der Waals surface area contributed by atoms with Gasteiger partial charge in [0.2, 0.25) is 0 Å². The fourth-order valence-corrected chi connectivity index (χ4v) is 4.01. The van der Waals surface area contributed by atoms with E-state index in [0.29, 0.717) is 36.2 Å². The smallest absolute Gasteiger partial charge is 0.305 e. The predicted octanol–water partition coefficient (Wildman–Crippen LogP) is 1.44. The van der Waals surface area contributed by atoms with Gasteiger partial charge in [0.25, 0.3) is 11.5 Å². The number of carboxylic acids is 1. The van der Waals surface area contributed by atoms with Crippen LogP contribution in [-0.4, -0.2) is 57.2 Å². The minimum atomic E-state index is -0.968. The van der Waals surface area contributed by atoms with Gasteiger partial charge in [-0.1, -0.05) is 6.42 Å². The van der Waals surface area contributed by atoms with E-state index in [0.717, 1.165) is 31.5 Å². The summed E-state index contributed by atoms with van der Waals surface area (Å²) < 4.78 is 7.10. The lowest BCUT2D eigenvalue weighted by Gasteiger charge is -2.34. The average molecular weight is 385 g/mol. The zero-order valence-electron chi connectivity index (χ0n) is 15.6. The number of aliphatic carboxylic acids is 1. The second-order valence-corrected chi connectivity index (χ2v) is 7.35. The molecule has 1 atom stereocenters. The third-order valence-corrected chi connectivity index (χ3v) is 5.46. The van der Waals surface area contributed by atoms with E-state index in [1.54, 1.807) is 27.7 Å². The van der Waals surface area contributed by atoms with Crippen LogP contribution in [0.25, 0.3) is 10.9 Å². The van der Waals surface area contributed by atoms with Gasteiger partial charge >= 0.3 is 5.97 Å². The Morgan fingerprint density at radius 3 is 2.89 bits per heavy atom. The molecule has 0 saturated carbocycles. The minimum Gasteiger partial charge on any atom is -0.481 e.